The summed E-state index contributed by atoms with van der Waals surface area (Å²) in [4.78, 5) is 7.81. The summed E-state index contributed by atoms with van der Waals surface area (Å²) in [5.41, 5.74) is 0.474. The molecule has 5 nitrogen and oxygen atoms in total. The van der Waals surface area contributed by atoms with Crippen LogP contribution in [0.5, 0.6) is 11.5 Å². The van der Waals surface area contributed by atoms with Crippen LogP contribution in [0.4, 0.5) is 20.3 Å². The molecular formula is C11H6ClF2N3O2. The van der Waals surface area contributed by atoms with Crippen LogP contribution in [-0.2, 0) is 0 Å². The van der Waals surface area contributed by atoms with Crippen LogP contribution >= 0.6 is 11.6 Å². The first-order valence-corrected chi connectivity index (χ1v) is 5.55. The number of alkyl halides is 2. The SMILES string of the molecule is FC1(F)Oc2ccc(Nc3nccnc3Cl)cc2O1. The minimum absolute atomic E-state index is 0.0270. The summed E-state index contributed by atoms with van der Waals surface area (Å²) in [6.07, 6.45) is -0.742. The number of benzene rings is 1. The summed E-state index contributed by atoms with van der Waals surface area (Å²) in [6.45, 7) is 0. The first-order chi connectivity index (χ1) is 9.03. The monoisotopic (exact) mass is 285 g/mol. The Morgan fingerprint density at radius 3 is 2.63 bits per heavy atom. The number of fused-ring (bicyclic) bond motifs is 1. The summed E-state index contributed by atoms with van der Waals surface area (Å²) >= 11 is 5.82. The van der Waals surface area contributed by atoms with Gasteiger partial charge in [0.2, 0.25) is 0 Å². The Morgan fingerprint density at radius 2 is 1.84 bits per heavy atom. The molecule has 0 atom stereocenters. The highest BCUT2D eigenvalue weighted by atomic mass is 35.5. The van der Waals surface area contributed by atoms with Crippen LogP contribution in [0, 0.1) is 0 Å². The molecule has 0 radical (unpaired) electrons. The van der Waals surface area contributed by atoms with Gasteiger partial charge in [0.25, 0.3) is 0 Å². The van der Waals surface area contributed by atoms with Crippen LogP contribution in [0.3, 0.4) is 0 Å². The van der Waals surface area contributed by atoms with E-state index in [4.69, 9.17) is 11.6 Å². The molecule has 0 saturated heterocycles. The van der Waals surface area contributed by atoms with E-state index in [1.54, 1.807) is 0 Å². The summed E-state index contributed by atoms with van der Waals surface area (Å²) in [5.74, 6) is 0.227. The molecule has 2 heterocycles. The zero-order valence-electron chi connectivity index (χ0n) is 9.23. The normalized spacial score (nSPS) is 15.3. The van der Waals surface area contributed by atoms with Gasteiger partial charge < -0.3 is 14.8 Å². The quantitative estimate of drug-likeness (QED) is 0.918. The molecule has 1 aliphatic rings. The summed E-state index contributed by atoms with van der Waals surface area (Å²) in [5, 5.41) is 3.01. The Morgan fingerprint density at radius 1 is 1.11 bits per heavy atom. The van der Waals surface area contributed by atoms with Gasteiger partial charge in [-0.25, -0.2) is 9.97 Å². The average molecular weight is 286 g/mol. The number of hydrogen-bond acceptors (Lipinski definition) is 5. The molecule has 0 spiro atoms. The van der Waals surface area contributed by atoms with Crippen LogP contribution in [-0.4, -0.2) is 16.3 Å². The topological polar surface area (TPSA) is 56.3 Å². The third-order valence-electron chi connectivity index (χ3n) is 2.32. The van der Waals surface area contributed by atoms with Gasteiger partial charge in [0.05, 0.1) is 0 Å². The Labute approximate surface area is 111 Å². The minimum Gasteiger partial charge on any atom is -0.395 e. The van der Waals surface area contributed by atoms with Crippen LogP contribution in [0.2, 0.25) is 5.15 Å². The van der Waals surface area contributed by atoms with E-state index in [2.05, 4.69) is 24.8 Å². The molecule has 0 unspecified atom stereocenters. The zero-order valence-corrected chi connectivity index (χ0v) is 9.99. The Hall–Kier alpha value is -2.15. The summed E-state index contributed by atoms with van der Waals surface area (Å²) < 4.78 is 34.3. The largest absolute Gasteiger partial charge is 0.586 e. The second-order valence-corrected chi connectivity index (χ2v) is 4.01. The fraction of sp³-hybridized carbons (Fsp3) is 0.0909. The molecule has 19 heavy (non-hydrogen) atoms. The van der Waals surface area contributed by atoms with Gasteiger partial charge >= 0.3 is 6.29 Å². The van der Waals surface area contributed by atoms with E-state index < -0.39 is 6.29 Å². The number of ether oxygens (including phenoxy) is 2. The molecule has 1 aromatic carbocycles. The molecule has 2 aromatic rings. The maximum absolute atomic E-state index is 12.9. The fourth-order valence-corrected chi connectivity index (χ4v) is 1.72. The van der Waals surface area contributed by atoms with Crippen molar-refractivity contribution in [3.8, 4) is 11.5 Å². The number of nitrogens with zero attached hydrogens (tertiary/aromatic N) is 2. The van der Waals surface area contributed by atoms with Crippen molar-refractivity contribution in [2.24, 2.45) is 0 Å². The lowest BCUT2D eigenvalue weighted by molar-refractivity contribution is -0.286. The second-order valence-electron chi connectivity index (χ2n) is 3.65. The zero-order chi connectivity index (χ0) is 13.5. The predicted molar refractivity (Wildman–Crippen MR) is 63.0 cm³/mol. The van der Waals surface area contributed by atoms with Gasteiger partial charge in [0.1, 0.15) is 0 Å². The molecule has 3 rings (SSSR count). The van der Waals surface area contributed by atoms with Crippen molar-refractivity contribution in [1.82, 2.24) is 9.97 Å². The highest BCUT2D eigenvalue weighted by Crippen LogP contribution is 2.42. The van der Waals surface area contributed by atoms with E-state index in [1.165, 1.54) is 30.6 Å². The van der Waals surface area contributed by atoms with E-state index in [0.29, 0.717) is 11.5 Å². The van der Waals surface area contributed by atoms with E-state index in [0.717, 1.165) is 0 Å². The van der Waals surface area contributed by atoms with Gasteiger partial charge in [-0.05, 0) is 12.1 Å². The predicted octanol–water partition coefficient (Wildman–Crippen LogP) is 3.20. The first kappa shape index (κ1) is 11.9. The molecule has 98 valence electrons. The van der Waals surface area contributed by atoms with Gasteiger partial charge in [0, 0.05) is 24.1 Å². The van der Waals surface area contributed by atoms with Crippen LogP contribution in [0.25, 0.3) is 0 Å². The summed E-state index contributed by atoms with van der Waals surface area (Å²) in [6, 6.07) is 4.26. The number of hydrogen-bond donors (Lipinski definition) is 1. The molecule has 1 aliphatic heterocycles. The molecule has 0 bridgehead atoms. The summed E-state index contributed by atoms with van der Waals surface area (Å²) in [7, 11) is 0. The molecule has 0 aliphatic carbocycles. The number of nitrogens with one attached hydrogen (secondary N) is 1. The van der Waals surface area contributed by atoms with Crippen molar-refractivity contribution < 1.29 is 18.3 Å². The van der Waals surface area contributed by atoms with Crippen molar-refractivity contribution in [1.29, 1.82) is 0 Å². The lowest BCUT2D eigenvalue weighted by Gasteiger charge is -2.06. The van der Waals surface area contributed by atoms with E-state index >= 15 is 0 Å². The van der Waals surface area contributed by atoms with Gasteiger partial charge in [-0.3, -0.25) is 0 Å². The fourth-order valence-electron chi connectivity index (χ4n) is 1.57. The van der Waals surface area contributed by atoms with Crippen molar-refractivity contribution in [3.05, 3.63) is 35.7 Å². The van der Waals surface area contributed by atoms with Gasteiger partial charge in [0.15, 0.2) is 22.5 Å². The molecule has 0 saturated carbocycles. The van der Waals surface area contributed by atoms with Crippen molar-refractivity contribution >= 4 is 23.1 Å². The number of anilines is 2. The molecule has 1 N–H and O–H groups in total. The lowest BCUT2D eigenvalue weighted by Crippen LogP contribution is -2.25. The third-order valence-corrected chi connectivity index (χ3v) is 2.59. The third kappa shape index (κ3) is 2.37. The van der Waals surface area contributed by atoms with Crippen LogP contribution in [0.15, 0.2) is 30.6 Å². The smallest absolute Gasteiger partial charge is 0.395 e. The van der Waals surface area contributed by atoms with Gasteiger partial charge in [-0.15, -0.1) is 8.78 Å². The second kappa shape index (κ2) is 4.20. The minimum atomic E-state index is -3.63. The molecular weight excluding hydrogens is 280 g/mol. The number of rotatable bonds is 2. The van der Waals surface area contributed by atoms with Crippen molar-refractivity contribution in [2.75, 3.05) is 5.32 Å². The van der Waals surface area contributed by atoms with Crippen molar-refractivity contribution in [3.63, 3.8) is 0 Å². The highest BCUT2D eigenvalue weighted by molar-refractivity contribution is 6.31. The van der Waals surface area contributed by atoms with Crippen molar-refractivity contribution in [2.45, 2.75) is 6.29 Å². The van der Waals surface area contributed by atoms with E-state index in [-0.39, 0.29) is 16.7 Å². The lowest BCUT2D eigenvalue weighted by atomic mass is 10.3. The van der Waals surface area contributed by atoms with E-state index in [9.17, 15) is 8.78 Å². The Kier molecular flexibility index (Phi) is 2.63. The Bertz CT molecular complexity index is 639. The average Bonchev–Trinajstić information content (AvgIpc) is 2.65. The van der Waals surface area contributed by atoms with Gasteiger partial charge in [-0.1, -0.05) is 11.6 Å². The molecule has 1 aromatic heterocycles. The molecule has 0 amide bonds. The first-order valence-electron chi connectivity index (χ1n) is 5.17. The standard InChI is InChI=1S/C11H6ClF2N3O2/c12-9-10(16-4-3-15-9)17-6-1-2-7-8(5-6)19-11(13,14)18-7/h1-5H,(H,16,17). The highest BCUT2D eigenvalue weighted by Gasteiger charge is 2.43. The number of halogens is 3. The van der Waals surface area contributed by atoms with Gasteiger partial charge in [-0.2, -0.15) is 0 Å². The maximum atomic E-state index is 12.9. The van der Waals surface area contributed by atoms with E-state index in [1.807, 2.05) is 0 Å². The van der Waals surface area contributed by atoms with Crippen LogP contribution in [0.1, 0.15) is 0 Å². The maximum Gasteiger partial charge on any atom is 0.586 e. The Balaban J connectivity index is 1.87. The number of aromatic nitrogens is 2. The molecule has 0 fully saturated rings. The van der Waals surface area contributed by atoms with Crippen LogP contribution < -0.4 is 14.8 Å². The molecule has 8 heteroatoms.